The maximum absolute atomic E-state index is 12.1. The van der Waals surface area contributed by atoms with Crippen molar-refractivity contribution >= 4 is 21.9 Å². The lowest BCUT2D eigenvalue weighted by atomic mass is 10.2. The third-order valence-electron chi connectivity index (χ3n) is 2.53. The van der Waals surface area contributed by atoms with Crippen molar-refractivity contribution in [3.8, 4) is 6.01 Å². The number of aromatic nitrogens is 3. The second-order valence-electron chi connectivity index (χ2n) is 3.88. The average Bonchev–Trinajstić information content (AvgIpc) is 2.93. The van der Waals surface area contributed by atoms with E-state index < -0.39 is 10.0 Å². The van der Waals surface area contributed by atoms with Crippen molar-refractivity contribution in [2.24, 2.45) is 0 Å². The van der Waals surface area contributed by atoms with E-state index >= 15 is 0 Å². The molecule has 0 aliphatic carbocycles. The molecule has 1 amide bonds. The highest BCUT2D eigenvalue weighted by atomic mass is 32.2. The van der Waals surface area contributed by atoms with Gasteiger partial charge >= 0.3 is 6.01 Å². The number of anilines is 1. The van der Waals surface area contributed by atoms with E-state index in [0.29, 0.717) is 5.56 Å². The van der Waals surface area contributed by atoms with Gasteiger partial charge in [0.05, 0.1) is 12.0 Å². The van der Waals surface area contributed by atoms with Crippen molar-refractivity contribution in [3.05, 3.63) is 29.8 Å². The van der Waals surface area contributed by atoms with Crippen molar-refractivity contribution in [1.82, 2.24) is 20.5 Å². The lowest BCUT2D eigenvalue weighted by Crippen LogP contribution is -2.18. The number of ether oxygens (including phenoxy) is 1. The third-order valence-corrected chi connectivity index (χ3v) is 3.89. The monoisotopic (exact) mass is 311 g/mol. The number of amides is 1. The van der Waals surface area contributed by atoms with E-state index in [1.165, 1.54) is 38.4 Å². The number of benzene rings is 1. The minimum Gasteiger partial charge on any atom is -0.466 e. The van der Waals surface area contributed by atoms with Crippen LogP contribution in [-0.4, -0.2) is 43.7 Å². The van der Waals surface area contributed by atoms with E-state index in [-0.39, 0.29) is 22.8 Å². The molecule has 1 aromatic carbocycles. The molecule has 2 rings (SSSR count). The van der Waals surface area contributed by atoms with Crippen LogP contribution >= 0.6 is 0 Å². The maximum atomic E-state index is 12.1. The lowest BCUT2D eigenvalue weighted by Gasteiger charge is -2.05. The van der Waals surface area contributed by atoms with Gasteiger partial charge < -0.3 is 10.1 Å². The van der Waals surface area contributed by atoms with Crippen LogP contribution in [0, 0.1) is 0 Å². The molecule has 1 heterocycles. The lowest BCUT2D eigenvalue weighted by molar-refractivity contribution is 0.0963. The van der Waals surface area contributed by atoms with Crippen LogP contribution in [0.1, 0.15) is 10.4 Å². The first-order chi connectivity index (χ1) is 9.96. The number of hydrogen-bond acceptors (Lipinski definition) is 6. The van der Waals surface area contributed by atoms with E-state index in [1.54, 1.807) is 0 Å². The summed E-state index contributed by atoms with van der Waals surface area (Å²) in [5, 5.41) is 8.45. The normalized spacial score (nSPS) is 11.0. The Morgan fingerprint density at radius 2 is 1.95 bits per heavy atom. The quantitative estimate of drug-likeness (QED) is 0.712. The van der Waals surface area contributed by atoms with E-state index in [9.17, 15) is 13.2 Å². The molecule has 2 aromatic rings. The topological polar surface area (TPSA) is 126 Å². The first-order valence-electron chi connectivity index (χ1n) is 5.77. The van der Waals surface area contributed by atoms with Crippen LogP contribution in [0.2, 0.25) is 0 Å². The van der Waals surface area contributed by atoms with Crippen LogP contribution < -0.4 is 14.8 Å². The van der Waals surface area contributed by atoms with Gasteiger partial charge in [-0.25, -0.2) is 18.2 Å². The summed E-state index contributed by atoms with van der Waals surface area (Å²) >= 11 is 0. The summed E-state index contributed by atoms with van der Waals surface area (Å²) in [7, 11) is -0.976. The largest absolute Gasteiger partial charge is 0.466 e. The van der Waals surface area contributed by atoms with E-state index in [4.69, 9.17) is 4.74 Å². The molecule has 0 fully saturated rings. The Morgan fingerprint density at radius 3 is 2.48 bits per heavy atom. The van der Waals surface area contributed by atoms with Crippen molar-refractivity contribution in [1.29, 1.82) is 0 Å². The average molecular weight is 311 g/mol. The van der Waals surface area contributed by atoms with Crippen LogP contribution in [0.3, 0.4) is 0 Å². The van der Waals surface area contributed by atoms with Gasteiger partial charge in [0.15, 0.2) is 0 Å². The third kappa shape index (κ3) is 3.28. The standard InChI is InChI=1S/C11H13N5O4S/c1-12-9(17)7-3-5-8(6-4-7)21(18,19)16-10-13-11(20-2)15-14-10/h3-6H,1-2H3,(H,12,17)(H2,13,14,15,16). The smallest absolute Gasteiger partial charge is 0.336 e. The Balaban J connectivity index is 2.21. The number of rotatable bonds is 5. The van der Waals surface area contributed by atoms with Crippen LogP contribution in [0.4, 0.5) is 5.95 Å². The maximum Gasteiger partial charge on any atom is 0.336 e. The molecule has 21 heavy (non-hydrogen) atoms. The van der Waals surface area contributed by atoms with Gasteiger partial charge in [-0.05, 0) is 24.3 Å². The number of nitrogens with zero attached hydrogens (tertiary/aromatic N) is 2. The minimum atomic E-state index is -3.83. The second-order valence-corrected chi connectivity index (χ2v) is 5.56. The van der Waals surface area contributed by atoms with Crippen molar-refractivity contribution in [2.75, 3.05) is 18.9 Å². The highest BCUT2D eigenvalue weighted by molar-refractivity contribution is 7.92. The van der Waals surface area contributed by atoms with Crippen LogP contribution in [0.15, 0.2) is 29.2 Å². The molecule has 0 aliphatic rings. The van der Waals surface area contributed by atoms with Gasteiger partial charge in [-0.15, -0.1) is 5.10 Å². The molecule has 0 bridgehead atoms. The molecule has 0 aliphatic heterocycles. The molecule has 0 radical (unpaired) electrons. The highest BCUT2D eigenvalue weighted by Crippen LogP contribution is 2.15. The molecule has 0 saturated heterocycles. The molecular weight excluding hydrogens is 298 g/mol. The van der Waals surface area contributed by atoms with E-state index in [1.807, 2.05) is 0 Å². The summed E-state index contributed by atoms with van der Waals surface area (Å²) in [6.45, 7) is 0. The fourth-order valence-corrected chi connectivity index (χ4v) is 2.46. The Bertz CT molecular complexity index is 738. The van der Waals surface area contributed by atoms with Gasteiger partial charge in [0, 0.05) is 12.6 Å². The molecule has 9 nitrogen and oxygen atoms in total. The van der Waals surface area contributed by atoms with Gasteiger partial charge in [0.2, 0.25) is 5.95 Å². The summed E-state index contributed by atoms with van der Waals surface area (Å²) in [4.78, 5) is 15.1. The Hall–Kier alpha value is -2.62. The van der Waals surface area contributed by atoms with Crippen LogP contribution in [0.5, 0.6) is 6.01 Å². The first-order valence-corrected chi connectivity index (χ1v) is 7.26. The molecule has 0 spiro atoms. The van der Waals surface area contributed by atoms with E-state index in [0.717, 1.165) is 0 Å². The zero-order valence-corrected chi connectivity index (χ0v) is 12.1. The van der Waals surface area contributed by atoms with Gasteiger partial charge in [0.25, 0.3) is 15.9 Å². The molecule has 0 atom stereocenters. The summed E-state index contributed by atoms with van der Waals surface area (Å²) in [6.07, 6.45) is 0. The number of methoxy groups -OCH3 is 1. The Kier molecular flexibility index (Phi) is 4.08. The van der Waals surface area contributed by atoms with Gasteiger partial charge in [-0.2, -0.15) is 4.98 Å². The molecule has 1 aromatic heterocycles. The van der Waals surface area contributed by atoms with Crippen molar-refractivity contribution in [2.45, 2.75) is 4.90 Å². The summed E-state index contributed by atoms with van der Waals surface area (Å²) in [5.74, 6) is -0.367. The fourth-order valence-electron chi connectivity index (χ4n) is 1.50. The molecule has 3 N–H and O–H groups in total. The minimum absolute atomic E-state index is 0.00878. The van der Waals surface area contributed by atoms with Crippen molar-refractivity contribution < 1.29 is 17.9 Å². The summed E-state index contributed by atoms with van der Waals surface area (Å²) in [6, 6.07) is 5.48. The predicted octanol–water partition coefficient (Wildman–Crippen LogP) is -0.0263. The first kappa shape index (κ1) is 14.8. The Labute approximate surface area is 120 Å². The predicted molar refractivity (Wildman–Crippen MR) is 73.6 cm³/mol. The SMILES string of the molecule is CNC(=O)c1ccc(S(=O)(=O)Nc2nc(OC)n[nH]2)cc1. The Morgan fingerprint density at radius 1 is 1.29 bits per heavy atom. The number of H-pyrrole nitrogens is 1. The summed E-state index contributed by atoms with van der Waals surface area (Å²) < 4.78 is 31.2. The van der Waals surface area contributed by atoms with Crippen LogP contribution in [-0.2, 0) is 10.0 Å². The molecule has 0 saturated carbocycles. The van der Waals surface area contributed by atoms with Crippen LogP contribution in [0.25, 0.3) is 0 Å². The molecule has 112 valence electrons. The number of carbonyl (C=O) groups excluding carboxylic acids is 1. The van der Waals surface area contributed by atoms with Gasteiger partial charge in [0.1, 0.15) is 0 Å². The van der Waals surface area contributed by atoms with Gasteiger partial charge in [-0.3, -0.25) is 4.79 Å². The van der Waals surface area contributed by atoms with E-state index in [2.05, 4.69) is 25.2 Å². The van der Waals surface area contributed by atoms with Gasteiger partial charge in [-0.1, -0.05) is 0 Å². The van der Waals surface area contributed by atoms with Crippen molar-refractivity contribution in [3.63, 3.8) is 0 Å². The number of hydrogen-bond donors (Lipinski definition) is 3. The molecule has 0 unspecified atom stereocenters. The number of sulfonamides is 1. The fraction of sp³-hybridized carbons (Fsp3) is 0.182. The molecular formula is C11H13N5O4S. The summed E-state index contributed by atoms with van der Waals surface area (Å²) in [5.41, 5.74) is 0.359. The zero-order chi connectivity index (χ0) is 15.5. The number of aromatic amines is 1. The number of carbonyl (C=O) groups is 1. The second kappa shape index (κ2) is 5.79. The zero-order valence-electron chi connectivity index (χ0n) is 11.2. The number of nitrogens with one attached hydrogen (secondary N) is 3. The highest BCUT2D eigenvalue weighted by Gasteiger charge is 2.17. The molecule has 10 heteroatoms.